The molecule has 100 valence electrons. The lowest BCUT2D eigenvalue weighted by Crippen LogP contribution is -2.18. The summed E-state index contributed by atoms with van der Waals surface area (Å²) >= 11 is 1.54. The number of hydrogen-bond donors (Lipinski definition) is 2. The van der Waals surface area contributed by atoms with Crippen molar-refractivity contribution in [1.29, 1.82) is 0 Å². The topological polar surface area (TPSA) is 68.0 Å². The molecule has 0 atom stereocenters. The Balaban J connectivity index is 2.29. The maximum Gasteiger partial charge on any atom is 0.255 e. The summed E-state index contributed by atoms with van der Waals surface area (Å²) in [5, 5.41) is 6.63. The average Bonchev–Trinajstić information content (AvgIpc) is 2.79. The molecule has 0 saturated heterocycles. The van der Waals surface area contributed by atoms with Gasteiger partial charge in [0.2, 0.25) is 0 Å². The quantitative estimate of drug-likeness (QED) is 0.883. The van der Waals surface area contributed by atoms with E-state index in [0.717, 1.165) is 11.4 Å². The minimum Gasteiger partial charge on any atom is -0.384 e. The number of anilines is 2. The van der Waals surface area contributed by atoms with E-state index in [1.807, 2.05) is 37.6 Å². The minimum absolute atomic E-state index is 0.146. The molecule has 1 amide bonds. The van der Waals surface area contributed by atoms with Crippen molar-refractivity contribution in [2.24, 2.45) is 0 Å². The number of thiophene rings is 1. The van der Waals surface area contributed by atoms with Crippen LogP contribution in [-0.2, 0) is 5.41 Å². The van der Waals surface area contributed by atoms with Crippen molar-refractivity contribution in [2.45, 2.75) is 26.2 Å². The van der Waals surface area contributed by atoms with E-state index in [9.17, 15) is 4.79 Å². The summed E-state index contributed by atoms with van der Waals surface area (Å²) in [6, 6.07) is 5.24. The van der Waals surface area contributed by atoms with E-state index in [2.05, 4.69) is 10.3 Å². The number of amides is 1. The molecule has 0 spiro atoms. The predicted molar refractivity (Wildman–Crippen MR) is 79.6 cm³/mol. The number of aromatic nitrogens is 1. The standard InChI is InChI=1S/C14H17N3OS/c1-14(2,3)11-6-9(7-12(15)17-11)13(18)16-10-4-5-19-8-10/h4-8H,1-3H3,(H2,15,17)(H,16,18). The Morgan fingerprint density at radius 1 is 1.37 bits per heavy atom. The van der Waals surface area contributed by atoms with Gasteiger partial charge in [0.25, 0.3) is 5.91 Å². The lowest BCUT2D eigenvalue weighted by Gasteiger charge is -2.19. The normalized spacial score (nSPS) is 11.3. The van der Waals surface area contributed by atoms with Gasteiger partial charge in [-0.3, -0.25) is 4.79 Å². The second kappa shape index (κ2) is 5.01. The fourth-order valence-electron chi connectivity index (χ4n) is 1.61. The van der Waals surface area contributed by atoms with E-state index in [-0.39, 0.29) is 11.3 Å². The molecule has 0 aliphatic rings. The van der Waals surface area contributed by atoms with Crippen LogP contribution in [0.15, 0.2) is 29.0 Å². The highest BCUT2D eigenvalue weighted by Crippen LogP contribution is 2.23. The number of nitrogens with zero attached hydrogens (tertiary/aromatic N) is 1. The first-order valence-electron chi connectivity index (χ1n) is 5.98. The molecule has 2 aromatic heterocycles. The number of carbonyl (C=O) groups excluding carboxylic acids is 1. The van der Waals surface area contributed by atoms with E-state index < -0.39 is 0 Å². The summed E-state index contributed by atoms with van der Waals surface area (Å²) in [5.41, 5.74) is 7.77. The van der Waals surface area contributed by atoms with Gasteiger partial charge in [-0.2, -0.15) is 11.3 Å². The molecule has 0 aliphatic heterocycles. The fraction of sp³-hybridized carbons (Fsp3) is 0.286. The molecule has 0 saturated carbocycles. The second-order valence-corrected chi connectivity index (χ2v) is 6.16. The third kappa shape index (κ3) is 3.32. The molecular weight excluding hydrogens is 258 g/mol. The zero-order chi connectivity index (χ0) is 14.0. The number of carbonyl (C=O) groups is 1. The molecule has 0 unspecified atom stereocenters. The van der Waals surface area contributed by atoms with Crippen LogP contribution in [0.5, 0.6) is 0 Å². The van der Waals surface area contributed by atoms with Crippen molar-refractivity contribution in [1.82, 2.24) is 4.98 Å². The summed E-state index contributed by atoms with van der Waals surface area (Å²) in [4.78, 5) is 16.4. The highest BCUT2D eigenvalue weighted by atomic mass is 32.1. The van der Waals surface area contributed by atoms with E-state index in [4.69, 9.17) is 5.73 Å². The molecule has 0 bridgehead atoms. The fourth-order valence-corrected chi connectivity index (χ4v) is 2.19. The van der Waals surface area contributed by atoms with Gasteiger partial charge < -0.3 is 11.1 Å². The minimum atomic E-state index is -0.169. The maximum absolute atomic E-state index is 12.2. The first kappa shape index (κ1) is 13.5. The SMILES string of the molecule is CC(C)(C)c1cc(C(=O)Nc2ccsc2)cc(N)n1. The van der Waals surface area contributed by atoms with Gasteiger partial charge in [0, 0.05) is 22.1 Å². The van der Waals surface area contributed by atoms with Crippen LogP contribution >= 0.6 is 11.3 Å². The molecule has 2 aromatic rings. The maximum atomic E-state index is 12.2. The zero-order valence-corrected chi connectivity index (χ0v) is 12.0. The molecule has 0 fully saturated rings. The van der Waals surface area contributed by atoms with Crippen LogP contribution in [0.3, 0.4) is 0 Å². The van der Waals surface area contributed by atoms with Crippen molar-refractivity contribution < 1.29 is 4.79 Å². The van der Waals surface area contributed by atoms with Crippen LogP contribution in [0.2, 0.25) is 0 Å². The number of nitrogens with one attached hydrogen (secondary N) is 1. The van der Waals surface area contributed by atoms with Crippen LogP contribution < -0.4 is 11.1 Å². The lowest BCUT2D eigenvalue weighted by atomic mass is 9.90. The van der Waals surface area contributed by atoms with Gasteiger partial charge >= 0.3 is 0 Å². The Morgan fingerprint density at radius 2 is 2.11 bits per heavy atom. The Morgan fingerprint density at radius 3 is 2.68 bits per heavy atom. The van der Waals surface area contributed by atoms with Crippen molar-refractivity contribution >= 4 is 28.7 Å². The highest BCUT2D eigenvalue weighted by molar-refractivity contribution is 7.08. The third-order valence-electron chi connectivity index (χ3n) is 2.65. The van der Waals surface area contributed by atoms with Crippen molar-refractivity contribution in [2.75, 3.05) is 11.1 Å². The van der Waals surface area contributed by atoms with Gasteiger partial charge in [0.05, 0.1) is 5.69 Å². The first-order chi connectivity index (χ1) is 8.86. The first-order valence-corrected chi connectivity index (χ1v) is 6.92. The molecule has 2 heterocycles. The Kier molecular flexibility index (Phi) is 3.57. The highest BCUT2D eigenvalue weighted by Gasteiger charge is 2.18. The number of nitrogens with two attached hydrogens (primary N) is 1. The van der Waals surface area contributed by atoms with Gasteiger partial charge in [0.15, 0.2) is 0 Å². The average molecular weight is 275 g/mol. The molecule has 5 heteroatoms. The van der Waals surface area contributed by atoms with Crippen LogP contribution in [0.25, 0.3) is 0 Å². The van der Waals surface area contributed by atoms with Gasteiger partial charge in [-0.05, 0) is 23.6 Å². The lowest BCUT2D eigenvalue weighted by molar-refractivity contribution is 0.102. The molecule has 0 aliphatic carbocycles. The van der Waals surface area contributed by atoms with Gasteiger partial charge in [-0.15, -0.1) is 0 Å². The zero-order valence-electron chi connectivity index (χ0n) is 11.2. The van der Waals surface area contributed by atoms with Crippen LogP contribution in [0.1, 0.15) is 36.8 Å². The molecule has 0 aromatic carbocycles. The largest absolute Gasteiger partial charge is 0.384 e. The summed E-state index contributed by atoms with van der Waals surface area (Å²) < 4.78 is 0. The summed E-state index contributed by atoms with van der Waals surface area (Å²) in [7, 11) is 0. The van der Waals surface area contributed by atoms with E-state index >= 15 is 0 Å². The summed E-state index contributed by atoms with van der Waals surface area (Å²) in [6.45, 7) is 6.11. The number of hydrogen-bond acceptors (Lipinski definition) is 4. The molecular formula is C14H17N3OS. The third-order valence-corrected chi connectivity index (χ3v) is 3.34. The molecule has 2 rings (SSSR count). The van der Waals surface area contributed by atoms with Crippen LogP contribution in [0.4, 0.5) is 11.5 Å². The van der Waals surface area contributed by atoms with Crippen LogP contribution in [-0.4, -0.2) is 10.9 Å². The molecule has 4 nitrogen and oxygen atoms in total. The van der Waals surface area contributed by atoms with Crippen molar-refractivity contribution in [3.8, 4) is 0 Å². The summed E-state index contributed by atoms with van der Waals surface area (Å²) in [5.74, 6) is 0.195. The van der Waals surface area contributed by atoms with E-state index in [1.165, 1.54) is 11.3 Å². The molecule has 0 radical (unpaired) electrons. The van der Waals surface area contributed by atoms with Crippen molar-refractivity contribution in [3.63, 3.8) is 0 Å². The monoisotopic (exact) mass is 275 g/mol. The summed E-state index contributed by atoms with van der Waals surface area (Å²) in [6.07, 6.45) is 0. The van der Waals surface area contributed by atoms with Crippen molar-refractivity contribution in [3.05, 3.63) is 40.2 Å². The van der Waals surface area contributed by atoms with E-state index in [1.54, 1.807) is 12.1 Å². The van der Waals surface area contributed by atoms with Gasteiger partial charge in [-0.1, -0.05) is 20.8 Å². The molecule has 19 heavy (non-hydrogen) atoms. The smallest absolute Gasteiger partial charge is 0.255 e. The predicted octanol–water partition coefficient (Wildman–Crippen LogP) is 3.28. The Hall–Kier alpha value is -1.88. The van der Waals surface area contributed by atoms with E-state index in [0.29, 0.717) is 11.4 Å². The van der Waals surface area contributed by atoms with Gasteiger partial charge in [0.1, 0.15) is 5.82 Å². The second-order valence-electron chi connectivity index (χ2n) is 5.38. The number of pyridine rings is 1. The molecule has 3 N–H and O–H groups in total. The number of nitrogen functional groups attached to an aromatic ring is 1. The Labute approximate surface area is 116 Å². The van der Waals surface area contributed by atoms with Gasteiger partial charge in [-0.25, -0.2) is 4.98 Å². The van der Waals surface area contributed by atoms with Crippen LogP contribution in [0, 0.1) is 0 Å². The Bertz CT molecular complexity index is 585. The number of rotatable bonds is 2.